The van der Waals surface area contributed by atoms with Gasteiger partial charge in [0.15, 0.2) is 6.29 Å². The molecular formula is C25H40O3. The Bertz CT molecular complexity index is 556. The molecule has 158 valence electrons. The molecule has 3 nitrogen and oxygen atoms in total. The summed E-state index contributed by atoms with van der Waals surface area (Å²) < 4.78 is 11.3. The zero-order chi connectivity index (χ0) is 20.6. The van der Waals surface area contributed by atoms with Gasteiger partial charge in [-0.05, 0) is 91.1 Å². The summed E-state index contributed by atoms with van der Waals surface area (Å²) in [5, 5.41) is 0. The number of hydrogen-bond acceptors (Lipinski definition) is 3. The molecule has 1 aliphatic heterocycles. The van der Waals surface area contributed by atoms with Crippen LogP contribution in [0.25, 0.3) is 0 Å². The van der Waals surface area contributed by atoms with Gasteiger partial charge in [-0.15, -0.1) is 0 Å². The maximum Gasteiger partial charge on any atom is 0.157 e. The van der Waals surface area contributed by atoms with E-state index >= 15 is 0 Å². The zero-order valence-electron chi connectivity index (χ0n) is 18.5. The van der Waals surface area contributed by atoms with Gasteiger partial charge in [0, 0.05) is 6.61 Å². The van der Waals surface area contributed by atoms with Crippen LogP contribution in [0, 0.1) is 0 Å². The van der Waals surface area contributed by atoms with Crippen molar-refractivity contribution in [3.05, 3.63) is 46.6 Å². The predicted octanol–water partition coefficient (Wildman–Crippen LogP) is 6.85. The molecule has 3 heteroatoms. The van der Waals surface area contributed by atoms with Gasteiger partial charge in [-0.3, -0.25) is 4.79 Å². The maximum atomic E-state index is 11.3. The Kier molecular flexibility index (Phi) is 13.6. The second-order valence-corrected chi connectivity index (χ2v) is 8.02. The van der Waals surface area contributed by atoms with Gasteiger partial charge in [-0.2, -0.15) is 0 Å². The van der Waals surface area contributed by atoms with Crippen molar-refractivity contribution in [2.45, 2.75) is 91.8 Å². The largest absolute Gasteiger partial charge is 0.353 e. The van der Waals surface area contributed by atoms with E-state index in [2.05, 4.69) is 52.0 Å². The Morgan fingerprint density at radius 3 is 2.21 bits per heavy atom. The number of ether oxygens (including phenoxy) is 2. The van der Waals surface area contributed by atoms with E-state index in [1.165, 1.54) is 23.1 Å². The van der Waals surface area contributed by atoms with Crippen molar-refractivity contribution in [3.8, 4) is 0 Å². The predicted molar refractivity (Wildman–Crippen MR) is 118 cm³/mol. The molecule has 0 bridgehead atoms. The standard InChI is InChI=1S/C25H40O3/c1-21(2)10-7-11-22(3)12-8-14-24(20-26)15-9-13-23(4)17-19-28-25-16-5-6-18-27-25/h10,12,15,17,20,25H,5-9,11,13-14,16,18-19H2,1-4H3/b22-12+,23-17+,24-15-. The van der Waals surface area contributed by atoms with Crippen molar-refractivity contribution in [2.24, 2.45) is 0 Å². The molecular weight excluding hydrogens is 348 g/mol. The molecule has 1 fully saturated rings. The first-order valence-electron chi connectivity index (χ1n) is 10.8. The van der Waals surface area contributed by atoms with Gasteiger partial charge in [-0.25, -0.2) is 0 Å². The van der Waals surface area contributed by atoms with E-state index < -0.39 is 0 Å². The highest BCUT2D eigenvalue weighted by Crippen LogP contribution is 2.15. The van der Waals surface area contributed by atoms with Crippen molar-refractivity contribution in [1.29, 1.82) is 0 Å². The first-order chi connectivity index (χ1) is 13.5. The van der Waals surface area contributed by atoms with Crippen LogP contribution in [0.2, 0.25) is 0 Å². The van der Waals surface area contributed by atoms with Gasteiger partial charge >= 0.3 is 0 Å². The first kappa shape index (κ1) is 24.6. The normalized spacial score (nSPS) is 18.9. The molecule has 28 heavy (non-hydrogen) atoms. The molecule has 1 aliphatic rings. The summed E-state index contributed by atoms with van der Waals surface area (Å²) in [5.74, 6) is 0. The highest BCUT2D eigenvalue weighted by Gasteiger charge is 2.12. The van der Waals surface area contributed by atoms with Gasteiger partial charge < -0.3 is 9.47 Å². The van der Waals surface area contributed by atoms with Gasteiger partial charge in [0.2, 0.25) is 0 Å². The van der Waals surface area contributed by atoms with Crippen LogP contribution in [0.5, 0.6) is 0 Å². The summed E-state index contributed by atoms with van der Waals surface area (Å²) in [5.41, 5.74) is 4.99. The van der Waals surface area contributed by atoms with Crippen LogP contribution in [0.3, 0.4) is 0 Å². The van der Waals surface area contributed by atoms with Gasteiger partial charge in [0.05, 0.1) is 6.61 Å². The number of carbonyl (C=O) groups is 1. The van der Waals surface area contributed by atoms with Crippen molar-refractivity contribution >= 4 is 6.29 Å². The summed E-state index contributed by atoms with van der Waals surface area (Å²) in [6.07, 6.45) is 18.9. The number of rotatable bonds is 13. The average Bonchev–Trinajstić information content (AvgIpc) is 2.67. The van der Waals surface area contributed by atoms with Crippen molar-refractivity contribution in [2.75, 3.05) is 13.2 Å². The van der Waals surface area contributed by atoms with E-state index in [-0.39, 0.29) is 6.29 Å². The third-order valence-corrected chi connectivity index (χ3v) is 4.97. The molecule has 1 heterocycles. The third kappa shape index (κ3) is 12.9. The quantitative estimate of drug-likeness (QED) is 0.196. The summed E-state index contributed by atoms with van der Waals surface area (Å²) >= 11 is 0. The van der Waals surface area contributed by atoms with Gasteiger partial charge in [-0.1, -0.05) is 41.0 Å². The molecule has 0 N–H and O–H groups in total. The number of aldehydes is 1. The Hall–Kier alpha value is -1.45. The summed E-state index contributed by atoms with van der Waals surface area (Å²) in [6.45, 7) is 9.99. The van der Waals surface area contributed by atoms with Crippen LogP contribution in [0.4, 0.5) is 0 Å². The smallest absolute Gasteiger partial charge is 0.157 e. The molecule has 1 unspecified atom stereocenters. The van der Waals surface area contributed by atoms with E-state index in [0.29, 0.717) is 6.61 Å². The van der Waals surface area contributed by atoms with E-state index in [9.17, 15) is 4.79 Å². The Morgan fingerprint density at radius 1 is 0.893 bits per heavy atom. The molecule has 0 spiro atoms. The molecule has 0 aliphatic carbocycles. The minimum atomic E-state index is -0.0297. The van der Waals surface area contributed by atoms with E-state index in [0.717, 1.165) is 69.8 Å². The molecule has 0 amide bonds. The Balaban J connectivity index is 2.25. The fourth-order valence-electron chi connectivity index (χ4n) is 3.11. The SMILES string of the molecule is CC(C)=CCC/C(C)=C/CC/C(C=O)=C/CC/C(C)=C/COC1CCCCO1. The van der Waals surface area contributed by atoms with Crippen molar-refractivity contribution in [3.63, 3.8) is 0 Å². The topological polar surface area (TPSA) is 35.5 Å². The molecule has 0 aromatic carbocycles. The maximum absolute atomic E-state index is 11.3. The van der Waals surface area contributed by atoms with Gasteiger partial charge in [0.1, 0.15) is 6.29 Å². The highest BCUT2D eigenvalue weighted by molar-refractivity contribution is 5.73. The number of carbonyl (C=O) groups excluding carboxylic acids is 1. The Labute approximate surface area is 172 Å². The molecule has 1 atom stereocenters. The lowest BCUT2D eigenvalue weighted by atomic mass is 10.0. The second-order valence-electron chi connectivity index (χ2n) is 8.02. The van der Waals surface area contributed by atoms with Gasteiger partial charge in [0.25, 0.3) is 0 Å². The number of hydrogen-bond donors (Lipinski definition) is 0. The van der Waals surface area contributed by atoms with Crippen LogP contribution in [0.1, 0.15) is 85.5 Å². The fourth-order valence-corrected chi connectivity index (χ4v) is 3.11. The Morgan fingerprint density at radius 2 is 1.57 bits per heavy atom. The number of allylic oxidation sites excluding steroid dienone is 7. The lowest BCUT2D eigenvalue weighted by Gasteiger charge is -2.22. The van der Waals surface area contributed by atoms with Crippen molar-refractivity contribution < 1.29 is 14.3 Å². The van der Waals surface area contributed by atoms with Crippen LogP contribution >= 0.6 is 0 Å². The second kappa shape index (κ2) is 15.5. The highest BCUT2D eigenvalue weighted by atomic mass is 16.7. The lowest BCUT2D eigenvalue weighted by Crippen LogP contribution is -2.22. The summed E-state index contributed by atoms with van der Waals surface area (Å²) in [4.78, 5) is 11.3. The van der Waals surface area contributed by atoms with Crippen LogP contribution in [-0.4, -0.2) is 25.8 Å². The fraction of sp³-hybridized carbons (Fsp3) is 0.640. The zero-order valence-corrected chi connectivity index (χ0v) is 18.5. The minimum Gasteiger partial charge on any atom is -0.353 e. The van der Waals surface area contributed by atoms with E-state index in [1.807, 2.05) is 0 Å². The molecule has 1 saturated heterocycles. The summed E-state index contributed by atoms with van der Waals surface area (Å²) in [6, 6.07) is 0. The van der Waals surface area contributed by atoms with Crippen LogP contribution in [-0.2, 0) is 14.3 Å². The van der Waals surface area contributed by atoms with E-state index in [1.54, 1.807) is 0 Å². The van der Waals surface area contributed by atoms with E-state index in [4.69, 9.17) is 9.47 Å². The molecule has 0 aromatic heterocycles. The minimum absolute atomic E-state index is 0.0297. The molecule has 0 aromatic rings. The lowest BCUT2D eigenvalue weighted by molar-refractivity contribution is -0.155. The monoisotopic (exact) mass is 388 g/mol. The average molecular weight is 389 g/mol. The van der Waals surface area contributed by atoms with Crippen molar-refractivity contribution in [1.82, 2.24) is 0 Å². The molecule has 0 radical (unpaired) electrons. The molecule has 0 saturated carbocycles. The third-order valence-electron chi connectivity index (χ3n) is 4.97. The van der Waals surface area contributed by atoms with Crippen LogP contribution < -0.4 is 0 Å². The summed E-state index contributed by atoms with van der Waals surface area (Å²) in [7, 11) is 0. The van der Waals surface area contributed by atoms with Crippen LogP contribution in [0.15, 0.2) is 46.6 Å². The molecule has 1 rings (SSSR count). The first-order valence-corrected chi connectivity index (χ1v) is 10.8.